The molecule has 8 aromatic carbocycles. The third-order valence-electron chi connectivity index (χ3n) is 15.8. The van der Waals surface area contributed by atoms with E-state index in [1.807, 2.05) is 73.4 Å². The van der Waals surface area contributed by atoms with E-state index < -0.39 is 0 Å². The molecule has 4 heterocycles. The molecule has 384 valence electrons. The quantitative estimate of drug-likeness (QED) is 0.102. The molecule has 13 rings (SSSR count). The van der Waals surface area contributed by atoms with Gasteiger partial charge in [0.1, 0.15) is 0 Å². The van der Waals surface area contributed by atoms with Crippen LogP contribution in [-0.2, 0) is 31.1 Å². The van der Waals surface area contributed by atoms with Crippen molar-refractivity contribution in [2.45, 2.75) is 44.9 Å². The summed E-state index contributed by atoms with van der Waals surface area (Å²) >= 11 is 0. The van der Waals surface area contributed by atoms with Gasteiger partial charge in [-0.15, -0.1) is 0 Å². The summed E-state index contributed by atoms with van der Waals surface area (Å²) in [6.07, 6.45) is 12.8. The molecule has 1 aliphatic rings. The van der Waals surface area contributed by atoms with Gasteiger partial charge in [-0.2, -0.15) is 0 Å². The Kier molecular flexibility index (Phi) is 13.6. The van der Waals surface area contributed by atoms with Crippen molar-refractivity contribution in [3.8, 4) is 78.5 Å². The number of hydrogen-bond donors (Lipinski definition) is 0. The normalized spacial score (nSPS) is 12.2. The molecule has 0 unspecified atom stereocenters. The first-order valence-electron chi connectivity index (χ1n) is 27.6. The van der Waals surface area contributed by atoms with Gasteiger partial charge in [-0.1, -0.05) is 178 Å². The molecular weight excluding hydrogens is 973 g/mol. The van der Waals surface area contributed by atoms with Gasteiger partial charge in [-0.3, -0.25) is 15.0 Å². The predicted octanol–water partition coefficient (Wildman–Crippen LogP) is 18.0. The number of pyridine rings is 3. The van der Waals surface area contributed by atoms with Crippen LogP contribution in [0.1, 0.15) is 47.2 Å². The minimum Gasteiger partial charge on any atom is -0.310 e. The molecule has 4 aromatic heterocycles. The number of aryl methyl sites for hydroxylation is 4. The number of fused-ring (bicyclic) bond motifs is 3. The van der Waals surface area contributed by atoms with Gasteiger partial charge in [-0.05, 0) is 160 Å². The van der Waals surface area contributed by atoms with E-state index in [-0.39, 0.29) is 5.41 Å². The van der Waals surface area contributed by atoms with Crippen molar-refractivity contribution in [1.29, 1.82) is 0 Å². The molecule has 1 aliphatic carbocycles. The first-order chi connectivity index (χ1) is 39.4. The molecule has 0 aliphatic heterocycles. The van der Waals surface area contributed by atoms with Crippen molar-refractivity contribution >= 4 is 17.1 Å². The van der Waals surface area contributed by atoms with Crippen molar-refractivity contribution < 1.29 is 0 Å². The highest BCUT2D eigenvalue weighted by Gasteiger charge is 2.36. The molecule has 0 spiro atoms. The number of nitrogens with zero attached hydrogens (tertiary/aromatic N) is 6. The Hall–Kier alpha value is -9.91. The summed E-state index contributed by atoms with van der Waals surface area (Å²) in [6.45, 7) is 4.70. The predicted molar refractivity (Wildman–Crippen MR) is 328 cm³/mol. The van der Waals surface area contributed by atoms with Crippen LogP contribution >= 0.6 is 0 Å². The van der Waals surface area contributed by atoms with Crippen molar-refractivity contribution in [3.05, 3.63) is 301 Å². The summed E-state index contributed by atoms with van der Waals surface area (Å²) in [5, 5.41) is 0. The molecule has 0 amide bonds. The van der Waals surface area contributed by atoms with E-state index in [1.54, 1.807) is 0 Å². The molecule has 0 saturated heterocycles. The van der Waals surface area contributed by atoms with Gasteiger partial charge in [0.05, 0.1) is 22.8 Å². The number of hydrogen-bond acceptors (Lipinski definition) is 6. The number of benzene rings is 8. The highest BCUT2D eigenvalue weighted by molar-refractivity contribution is 5.97. The van der Waals surface area contributed by atoms with Crippen molar-refractivity contribution in [2.24, 2.45) is 0 Å². The second-order valence-corrected chi connectivity index (χ2v) is 21.2. The fourth-order valence-corrected chi connectivity index (χ4v) is 11.6. The van der Waals surface area contributed by atoms with Crippen molar-refractivity contribution in [3.63, 3.8) is 0 Å². The van der Waals surface area contributed by atoms with Crippen molar-refractivity contribution in [2.75, 3.05) is 4.90 Å². The molecule has 0 saturated carbocycles. The second-order valence-electron chi connectivity index (χ2n) is 21.2. The van der Waals surface area contributed by atoms with Gasteiger partial charge in [0.15, 0.2) is 5.82 Å². The topological polar surface area (TPSA) is 67.7 Å². The Morgan fingerprint density at radius 3 is 1.41 bits per heavy atom. The van der Waals surface area contributed by atoms with E-state index in [0.29, 0.717) is 5.82 Å². The molecule has 0 radical (unpaired) electrons. The van der Waals surface area contributed by atoms with E-state index >= 15 is 0 Å². The van der Waals surface area contributed by atoms with E-state index in [1.165, 1.54) is 50.1 Å². The van der Waals surface area contributed by atoms with Gasteiger partial charge in [0, 0.05) is 75.6 Å². The monoisotopic (exact) mass is 1030 g/mol. The lowest BCUT2D eigenvalue weighted by Gasteiger charge is -2.31. The minimum absolute atomic E-state index is 0.215. The first kappa shape index (κ1) is 49.6. The maximum Gasteiger partial charge on any atom is 0.159 e. The Balaban J connectivity index is 0.945. The molecule has 0 bridgehead atoms. The highest BCUT2D eigenvalue weighted by atomic mass is 15.1. The summed E-state index contributed by atoms with van der Waals surface area (Å²) in [7, 11) is 0. The van der Waals surface area contributed by atoms with Crippen LogP contribution in [0.2, 0.25) is 0 Å². The lowest BCUT2D eigenvalue weighted by Crippen LogP contribution is -2.17. The number of aromatic nitrogens is 5. The van der Waals surface area contributed by atoms with Gasteiger partial charge in [-0.25, -0.2) is 9.97 Å². The average Bonchev–Trinajstić information content (AvgIpc) is 3.93. The maximum absolute atomic E-state index is 4.81. The lowest BCUT2D eigenvalue weighted by molar-refractivity contribution is 0.660. The van der Waals surface area contributed by atoms with Gasteiger partial charge >= 0.3 is 0 Å². The minimum atomic E-state index is -0.215. The largest absolute Gasteiger partial charge is 0.310 e. The van der Waals surface area contributed by atoms with Gasteiger partial charge in [0.25, 0.3) is 0 Å². The van der Waals surface area contributed by atoms with Gasteiger partial charge < -0.3 is 4.90 Å². The maximum atomic E-state index is 4.81. The Morgan fingerprint density at radius 1 is 0.300 bits per heavy atom. The third kappa shape index (κ3) is 10.1. The SMILES string of the molecule is CC1(C)c2ccccc2-c2ccc(N(c3cccc(-c4ccccn4)c3)c3cc(-c4ncccn4)ccc3-c3ccccc3-c3cc(CCc4ccc(-c5ccccn5)cc4)cc(CCc4ccc(-c5ccccn5)cc4)c3)cc21. The average molecular weight is 1030 g/mol. The molecule has 6 heteroatoms. The van der Waals surface area contributed by atoms with E-state index in [0.717, 1.165) is 98.8 Å². The number of rotatable bonds is 15. The van der Waals surface area contributed by atoms with Crippen LogP contribution in [0.25, 0.3) is 78.5 Å². The zero-order valence-electron chi connectivity index (χ0n) is 44.9. The van der Waals surface area contributed by atoms with Crippen LogP contribution in [0.5, 0.6) is 0 Å². The van der Waals surface area contributed by atoms with Crippen LogP contribution in [0, 0.1) is 0 Å². The zero-order chi connectivity index (χ0) is 53.8. The molecule has 80 heavy (non-hydrogen) atoms. The summed E-state index contributed by atoms with van der Waals surface area (Å²) < 4.78 is 0. The molecule has 6 nitrogen and oxygen atoms in total. The Bertz CT molecular complexity index is 4020. The highest BCUT2D eigenvalue weighted by Crippen LogP contribution is 2.52. The summed E-state index contributed by atoms with van der Waals surface area (Å²) in [4.78, 5) is 26.0. The molecule has 0 fully saturated rings. The van der Waals surface area contributed by atoms with Crippen molar-refractivity contribution in [1.82, 2.24) is 24.9 Å². The molecule has 0 atom stereocenters. The van der Waals surface area contributed by atoms with Crippen LogP contribution in [-0.4, -0.2) is 24.9 Å². The molecule has 0 N–H and O–H groups in total. The lowest BCUT2D eigenvalue weighted by atomic mass is 9.82. The fraction of sp³-hybridized carbons (Fsp3) is 0.0946. The van der Waals surface area contributed by atoms with E-state index in [9.17, 15) is 0 Å². The molecular formula is C74H58N6. The number of anilines is 3. The second kappa shape index (κ2) is 21.8. The molecule has 12 aromatic rings. The standard InChI is InChI=1S/C74H58N6/c1-74(2)67-20-6-5-19-64(67)65-39-37-61(50-68(65)74)80(60-16-13-15-57(48-60)71-23-9-12-42-77-71)72-49-58(73-78-43-14-44-79-73)36-38-66(72)63-18-4-3-17-62(63)59-46-53(26-24-51-28-32-55(33-29-51)69-21-7-10-40-75-69)45-54(47-59)27-25-52-30-34-56(35-31-52)70-22-8-11-41-76-70/h3-23,28-50H,24-27H2,1-2H3. The zero-order valence-corrected chi connectivity index (χ0v) is 44.9. The summed E-state index contributed by atoms with van der Waals surface area (Å²) in [6, 6.07) is 85.5. The summed E-state index contributed by atoms with van der Waals surface area (Å²) in [5.41, 5.74) is 24.9. The van der Waals surface area contributed by atoms with Crippen LogP contribution in [0.3, 0.4) is 0 Å². The smallest absolute Gasteiger partial charge is 0.159 e. The van der Waals surface area contributed by atoms with E-state index in [2.05, 4.69) is 223 Å². The van der Waals surface area contributed by atoms with Crippen LogP contribution in [0.15, 0.2) is 268 Å². The van der Waals surface area contributed by atoms with E-state index in [4.69, 9.17) is 15.0 Å². The third-order valence-corrected chi connectivity index (χ3v) is 15.8. The van der Waals surface area contributed by atoms with Crippen LogP contribution in [0.4, 0.5) is 17.1 Å². The Morgan fingerprint density at radius 2 is 0.800 bits per heavy atom. The Labute approximate surface area is 468 Å². The van der Waals surface area contributed by atoms with Gasteiger partial charge in [0.2, 0.25) is 0 Å². The first-order valence-corrected chi connectivity index (χ1v) is 27.6. The fourth-order valence-electron chi connectivity index (χ4n) is 11.6. The summed E-state index contributed by atoms with van der Waals surface area (Å²) in [5.74, 6) is 0.663. The van der Waals surface area contributed by atoms with Crippen LogP contribution < -0.4 is 4.90 Å².